The van der Waals surface area contributed by atoms with Gasteiger partial charge in [-0.05, 0) is 41.5 Å². The van der Waals surface area contributed by atoms with Gasteiger partial charge in [0, 0.05) is 17.1 Å². The Morgan fingerprint density at radius 3 is 2.61 bits per heavy atom. The molecule has 2 rings (SSSR count). The minimum atomic E-state index is -0.107. The van der Waals surface area contributed by atoms with Crippen LogP contribution in [0.1, 0.15) is 6.92 Å². The van der Waals surface area contributed by atoms with Gasteiger partial charge in [0.05, 0.1) is 0 Å². The summed E-state index contributed by atoms with van der Waals surface area (Å²) in [5, 5.41) is 12.3. The largest absolute Gasteiger partial charge is 0.508 e. The number of phenolic OH excluding ortho intramolecular Hbond substituents is 1. The first-order chi connectivity index (χ1) is 8.54. The van der Waals surface area contributed by atoms with Crippen LogP contribution in [0.4, 0.5) is 5.69 Å². The van der Waals surface area contributed by atoms with Crippen LogP contribution < -0.4 is 5.32 Å². The minimum absolute atomic E-state index is 0.107. The van der Waals surface area contributed by atoms with E-state index in [1.807, 2.05) is 30.3 Å². The topological polar surface area (TPSA) is 49.3 Å². The molecule has 0 fully saturated rings. The van der Waals surface area contributed by atoms with Gasteiger partial charge in [-0.15, -0.1) is 0 Å². The molecule has 0 bridgehead atoms. The van der Waals surface area contributed by atoms with Gasteiger partial charge in [0.15, 0.2) is 0 Å². The second kappa shape index (κ2) is 5.23. The third-order valence-electron chi connectivity index (χ3n) is 2.40. The number of amides is 1. The maximum Gasteiger partial charge on any atom is 0.221 e. The highest BCUT2D eigenvalue weighted by Crippen LogP contribution is 2.29. The molecule has 0 atom stereocenters. The Labute approximate surface area is 114 Å². The zero-order valence-corrected chi connectivity index (χ0v) is 11.4. The summed E-state index contributed by atoms with van der Waals surface area (Å²) >= 11 is 3.34. The minimum Gasteiger partial charge on any atom is -0.508 e. The average Bonchev–Trinajstić information content (AvgIpc) is 2.27. The van der Waals surface area contributed by atoms with E-state index in [4.69, 9.17) is 0 Å². The molecule has 3 nitrogen and oxygen atoms in total. The molecule has 4 heteroatoms. The first-order valence-electron chi connectivity index (χ1n) is 5.42. The highest BCUT2D eigenvalue weighted by molar-refractivity contribution is 9.10. The van der Waals surface area contributed by atoms with Gasteiger partial charge in [-0.2, -0.15) is 0 Å². The number of phenols is 1. The Morgan fingerprint density at radius 2 is 1.94 bits per heavy atom. The lowest BCUT2D eigenvalue weighted by molar-refractivity contribution is -0.114. The number of aromatic hydroxyl groups is 1. The van der Waals surface area contributed by atoms with E-state index in [0.29, 0.717) is 0 Å². The van der Waals surface area contributed by atoms with E-state index in [1.165, 1.54) is 6.92 Å². The van der Waals surface area contributed by atoms with E-state index in [-0.39, 0.29) is 11.7 Å². The molecule has 0 aliphatic heterocycles. The third kappa shape index (κ3) is 3.11. The van der Waals surface area contributed by atoms with Crippen LogP contribution in [0.5, 0.6) is 5.75 Å². The lowest BCUT2D eigenvalue weighted by Crippen LogP contribution is -2.05. The number of benzene rings is 2. The zero-order valence-electron chi connectivity index (χ0n) is 9.77. The van der Waals surface area contributed by atoms with Gasteiger partial charge in [-0.3, -0.25) is 4.79 Å². The van der Waals surface area contributed by atoms with Crippen LogP contribution in [-0.4, -0.2) is 11.0 Å². The number of carbonyl (C=O) groups excluding carboxylic acids is 1. The van der Waals surface area contributed by atoms with Crippen molar-refractivity contribution >= 4 is 27.5 Å². The molecule has 0 aliphatic carbocycles. The molecule has 0 saturated carbocycles. The summed E-state index contributed by atoms with van der Waals surface area (Å²) in [6, 6.07) is 12.7. The van der Waals surface area contributed by atoms with Crippen molar-refractivity contribution in [3.05, 3.63) is 46.9 Å². The van der Waals surface area contributed by atoms with Crippen LogP contribution in [0.15, 0.2) is 46.9 Å². The number of nitrogens with one attached hydrogen (secondary N) is 1. The molecule has 92 valence electrons. The van der Waals surface area contributed by atoms with Crippen LogP contribution in [0.25, 0.3) is 11.1 Å². The molecule has 18 heavy (non-hydrogen) atoms. The van der Waals surface area contributed by atoms with E-state index in [9.17, 15) is 9.90 Å². The Kier molecular flexibility index (Phi) is 3.67. The molecule has 2 aromatic rings. The summed E-state index contributed by atoms with van der Waals surface area (Å²) < 4.78 is 0.808. The Balaban J connectivity index is 2.41. The molecule has 2 aromatic carbocycles. The van der Waals surface area contributed by atoms with E-state index < -0.39 is 0 Å². The molecule has 0 aliphatic rings. The van der Waals surface area contributed by atoms with Crippen molar-refractivity contribution in [2.24, 2.45) is 0 Å². The molecule has 1 amide bonds. The molecule has 0 radical (unpaired) electrons. The highest BCUT2D eigenvalue weighted by Gasteiger charge is 2.03. The van der Waals surface area contributed by atoms with Crippen molar-refractivity contribution in [3.63, 3.8) is 0 Å². The van der Waals surface area contributed by atoms with Gasteiger partial charge in [0.1, 0.15) is 5.75 Å². The molecule has 0 saturated heterocycles. The van der Waals surface area contributed by atoms with E-state index in [2.05, 4.69) is 21.2 Å². The SMILES string of the molecule is CC(=O)Nc1cccc(-c2cc(O)cc(Br)c2)c1. The maximum absolute atomic E-state index is 11.0. The molecule has 0 heterocycles. The fraction of sp³-hybridized carbons (Fsp3) is 0.0714. The van der Waals surface area contributed by atoms with Crippen molar-refractivity contribution in [2.45, 2.75) is 6.92 Å². The molecule has 0 aromatic heterocycles. The van der Waals surface area contributed by atoms with Crippen molar-refractivity contribution in [1.82, 2.24) is 0 Å². The summed E-state index contributed by atoms with van der Waals surface area (Å²) in [6.45, 7) is 1.47. The van der Waals surface area contributed by atoms with Crippen LogP contribution in [0, 0.1) is 0 Å². The fourth-order valence-electron chi connectivity index (χ4n) is 1.72. The van der Waals surface area contributed by atoms with Crippen LogP contribution in [0.2, 0.25) is 0 Å². The highest BCUT2D eigenvalue weighted by atomic mass is 79.9. The lowest BCUT2D eigenvalue weighted by atomic mass is 10.0. The van der Waals surface area contributed by atoms with E-state index >= 15 is 0 Å². The van der Waals surface area contributed by atoms with Crippen LogP contribution in [0.3, 0.4) is 0 Å². The predicted molar refractivity (Wildman–Crippen MR) is 75.5 cm³/mol. The molecule has 0 spiro atoms. The van der Waals surface area contributed by atoms with Crippen LogP contribution >= 0.6 is 15.9 Å². The lowest BCUT2D eigenvalue weighted by Gasteiger charge is -2.07. The van der Waals surface area contributed by atoms with Gasteiger partial charge in [-0.1, -0.05) is 28.1 Å². The fourth-order valence-corrected chi connectivity index (χ4v) is 2.20. The van der Waals surface area contributed by atoms with Gasteiger partial charge >= 0.3 is 0 Å². The Hall–Kier alpha value is -1.81. The number of halogens is 1. The number of hydrogen-bond acceptors (Lipinski definition) is 2. The summed E-state index contributed by atoms with van der Waals surface area (Å²) in [4.78, 5) is 11.0. The first kappa shape index (κ1) is 12.6. The summed E-state index contributed by atoms with van der Waals surface area (Å²) in [6.07, 6.45) is 0. The molecular formula is C14H12BrNO2. The smallest absolute Gasteiger partial charge is 0.221 e. The normalized spacial score (nSPS) is 10.1. The predicted octanol–water partition coefficient (Wildman–Crippen LogP) is 3.78. The molecule has 2 N–H and O–H groups in total. The van der Waals surface area contributed by atoms with Crippen molar-refractivity contribution < 1.29 is 9.90 Å². The standard InChI is InChI=1S/C14H12BrNO2/c1-9(17)16-13-4-2-3-10(6-13)11-5-12(15)8-14(18)7-11/h2-8,18H,1H3,(H,16,17). The Morgan fingerprint density at radius 1 is 1.17 bits per heavy atom. The van der Waals surface area contributed by atoms with Gasteiger partial charge in [-0.25, -0.2) is 0 Å². The first-order valence-corrected chi connectivity index (χ1v) is 6.21. The Bertz CT molecular complexity index is 576. The van der Waals surface area contributed by atoms with Crippen molar-refractivity contribution in [3.8, 4) is 16.9 Å². The second-order valence-electron chi connectivity index (χ2n) is 3.96. The summed E-state index contributed by atoms with van der Waals surface area (Å²) in [5.74, 6) is 0.0912. The van der Waals surface area contributed by atoms with E-state index in [0.717, 1.165) is 21.3 Å². The molecular weight excluding hydrogens is 294 g/mol. The zero-order chi connectivity index (χ0) is 13.1. The molecule has 0 unspecified atom stereocenters. The van der Waals surface area contributed by atoms with Crippen molar-refractivity contribution in [2.75, 3.05) is 5.32 Å². The monoisotopic (exact) mass is 305 g/mol. The van der Waals surface area contributed by atoms with Crippen molar-refractivity contribution in [1.29, 1.82) is 0 Å². The average molecular weight is 306 g/mol. The van der Waals surface area contributed by atoms with Gasteiger partial charge in [0.2, 0.25) is 5.91 Å². The number of anilines is 1. The number of rotatable bonds is 2. The van der Waals surface area contributed by atoms with Gasteiger partial charge < -0.3 is 10.4 Å². The summed E-state index contributed by atoms with van der Waals surface area (Å²) in [7, 11) is 0. The maximum atomic E-state index is 11.0. The number of hydrogen-bond donors (Lipinski definition) is 2. The van der Waals surface area contributed by atoms with Crippen LogP contribution in [-0.2, 0) is 4.79 Å². The quantitative estimate of drug-likeness (QED) is 0.887. The van der Waals surface area contributed by atoms with Gasteiger partial charge in [0.25, 0.3) is 0 Å². The van der Waals surface area contributed by atoms with E-state index in [1.54, 1.807) is 12.1 Å². The number of carbonyl (C=O) groups is 1. The third-order valence-corrected chi connectivity index (χ3v) is 2.86. The second-order valence-corrected chi connectivity index (χ2v) is 4.88. The summed E-state index contributed by atoms with van der Waals surface area (Å²) in [5.41, 5.74) is 2.55.